The predicted octanol–water partition coefficient (Wildman–Crippen LogP) is 8.26. The summed E-state index contributed by atoms with van der Waals surface area (Å²) in [6.45, 7) is 8.88. The van der Waals surface area contributed by atoms with Crippen LogP contribution in [0.15, 0.2) is 97.1 Å². The summed E-state index contributed by atoms with van der Waals surface area (Å²) in [6.07, 6.45) is 4.91. The summed E-state index contributed by atoms with van der Waals surface area (Å²) in [5.74, 6) is 4.12. The molecule has 2 atom stereocenters. The van der Waals surface area contributed by atoms with Crippen molar-refractivity contribution < 1.29 is 37.9 Å². The summed E-state index contributed by atoms with van der Waals surface area (Å²) in [6, 6.07) is 32.9. The minimum absolute atomic E-state index is 0.288. The fraction of sp³-hybridized carbons (Fsp3) is 0.429. The van der Waals surface area contributed by atoms with E-state index in [1.165, 1.54) is 0 Å². The molecule has 0 aromatic heterocycles. The fourth-order valence-corrected chi connectivity index (χ4v) is 5.56. The highest BCUT2D eigenvalue weighted by Gasteiger charge is 2.22. The molecule has 0 N–H and O–H groups in total. The Morgan fingerprint density at radius 2 is 0.760 bits per heavy atom. The van der Waals surface area contributed by atoms with E-state index in [4.69, 9.17) is 37.9 Å². The SMILES string of the molecule is CC(CCCOc1ccc(-c2ccc(OCCOCC3CO3)cc2)cc1)CCCOc1ccc(-c2ccc(OCCOCC3CO3)cc2)cc1. The van der Waals surface area contributed by atoms with Crippen LogP contribution in [0.5, 0.6) is 23.0 Å². The number of ether oxygens (including phenoxy) is 8. The molecule has 2 aliphatic rings. The Balaban J connectivity index is 0.794. The van der Waals surface area contributed by atoms with Gasteiger partial charge in [-0.05, 0) is 102 Å². The molecule has 0 radical (unpaired) electrons. The average molecular weight is 683 g/mol. The van der Waals surface area contributed by atoms with Crippen molar-refractivity contribution in [1.29, 1.82) is 0 Å². The third kappa shape index (κ3) is 12.7. The first-order valence-electron chi connectivity index (χ1n) is 18.0. The Hall–Kier alpha value is -4.08. The van der Waals surface area contributed by atoms with Gasteiger partial charge in [0.15, 0.2) is 0 Å². The van der Waals surface area contributed by atoms with E-state index in [1.54, 1.807) is 0 Å². The lowest BCUT2D eigenvalue weighted by Crippen LogP contribution is -2.10. The van der Waals surface area contributed by atoms with Crippen LogP contribution in [0.25, 0.3) is 22.3 Å². The highest BCUT2D eigenvalue weighted by molar-refractivity contribution is 5.65. The summed E-state index contributed by atoms with van der Waals surface area (Å²) in [5, 5.41) is 0. The van der Waals surface area contributed by atoms with Gasteiger partial charge in [-0.25, -0.2) is 0 Å². The molecule has 50 heavy (non-hydrogen) atoms. The van der Waals surface area contributed by atoms with Crippen LogP contribution in [0.4, 0.5) is 0 Å². The van der Waals surface area contributed by atoms with E-state index in [9.17, 15) is 0 Å². The summed E-state index contributed by atoms with van der Waals surface area (Å²) in [7, 11) is 0. The summed E-state index contributed by atoms with van der Waals surface area (Å²) in [5.41, 5.74) is 4.59. The normalized spacial score (nSPS) is 16.8. The molecule has 6 rings (SSSR count). The van der Waals surface area contributed by atoms with Crippen LogP contribution in [0.3, 0.4) is 0 Å². The van der Waals surface area contributed by atoms with Crippen LogP contribution in [-0.2, 0) is 18.9 Å². The van der Waals surface area contributed by atoms with Gasteiger partial charge in [0.2, 0.25) is 0 Å². The van der Waals surface area contributed by atoms with Gasteiger partial charge in [0.05, 0.1) is 52.9 Å². The average Bonchev–Trinajstić information content (AvgIpc) is 4.10. The van der Waals surface area contributed by atoms with E-state index < -0.39 is 0 Å². The summed E-state index contributed by atoms with van der Waals surface area (Å²) < 4.78 is 44.9. The lowest BCUT2D eigenvalue weighted by atomic mass is 10.0. The molecule has 0 aliphatic carbocycles. The third-order valence-electron chi connectivity index (χ3n) is 8.71. The molecule has 4 aromatic carbocycles. The number of rotatable bonds is 24. The summed E-state index contributed by atoms with van der Waals surface area (Å²) >= 11 is 0. The monoisotopic (exact) mass is 682 g/mol. The first-order chi connectivity index (χ1) is 24.7. The Bertz CT molecular complexity index is 1400. The van der Waals surface area contributed by atoms with E-state index in [2.05, 4.69) is 55.5 Å². The molecule has 2 aliphatic heterocycles. The zero-order valence-electron chi connectivity index (χ0n) is 29.1. The molecule has 0 bridgehead atoms. The van der Waals surface area contributed by atoms with Crippen molar-refractivity contribution in [3.63, 3.8) is 0 Å². The van der Waals surface area contributed by atoms with E-state index in [0.717, 1.165) is 97.4 Å². The molecule has 0 amide bonds. The number of hydrogen-bond acceptors (Lipinski definition) is 8. The zero-order valence-corrected chi connectivity index (χ0v) is 29.1. The second kappa shape index (κ2) is 19.3. The minimum Gasteiger partial charge on any atom is -0.494 e. The van der Waals surface area contributed by atoms with Crippen LogP contribution >= 0.6 is 0 Å². The Labute approximate surface area is 296 Å². The maximum absolute atomic E-state index is 6.03. The van der Waals surface area contributed by atoms with Crippen molar-refractivity contribution in [2.24, 2.45) is 5.92 Å². The molecule has 2 saturated heterocycles. The smallest absolute Gasteiger partial charge is 0.119 e. The molecule has 266 valence electrons. The first-order valence-corrected chi connectivity index (χ1v) is 18.0. The van der Waals surface area contributed by atoms with E-state index in [1.807, 2.05) is 48.5 Å². The van der Waals surface area contributed by atoms with Gasteiger partial charge in [0, 0.05) is 0 Å². The molecule has 0 spiro atoms. The van der Waals surface area contributed by atoms with Crippen LogP contribution in [0.1, 0.15) is 32.6 Å². The largest absolute Gasteiger partial charge is 0.494 e. The van der Waals surface area contributed by atoms with Crippen molar-refractivity contribution in [1.82, 2.24) is 0 Å². The van der Waals surface area contributed by atoms with E-state index in [-0.39, 0.29) is 12.2 Å². The van der Waals surface area contributed by atoms with Crippen LogP contribution in [-0.4, -0.2) is 78.3 Å². The summed E-state index contributed by atoms with van der Waals surface area (Å²) in [4.78, 5) is 0. The minimum atomic E-state index is 0.288. The Morgan fingerprint density at radius 3 is 1.06 bits per heavy atom. The second-order valence-electron chi connectivity index (χ2n) is 12.9. The van der Waals surface area contributed by atoms with Gasteiger partial charge < -0.3 is 37.9 Å². The second-order valence-corrected chi connectivity index (χ2v) is 12.9. The van der Waals surface area contributed by atoms with Crippen molar-refractivity contribution >= 4 is 0 Å². The number of hydrogen-bond donors (Lipinski definition) is 0. The van der Waals surface area contributed by atoms with Gasteiger partial charge >= 0.3 is 0 Å². The third-order valence-corrected chi connectivity index (χ3v) is 8.71. The fourth-order valence-electron chi connectivity index (χ4n) is 5.56. The molecular formula is C42H50O8. The van der Waals surface area contributed by atoms with Crippen LogP contribution in [0, 0.1) is 5.92 Å². The molecule has 8 nitrogen and oxygen atoms in total. The highest BCUT2D eigenvalue weighted by Crippen LogP contribution is 2.27. The van der Waals surface area contributed by atoms with Crippen molar-refractivity contribution in [2.75, 3.05) is 66.1 Å². The van der Waals surface area contributed by atoms with Crippen molar-refractivity contribution in [3.05, 3.63) is 97.1 Å². The van der Waals surface area contributed by atoms with E-state index >= 15 is 0 Å². The van der Waals surface area contributed by atoms with Gasteiger partial charge in [0.1, 0.15) is 48.4 Å². The zero-order chi connectivity index (χ0) is 34.2. The molecule has 2 unspecified atom stereocenters. The molecule has 0 saturated carbocycles. The number of epoxide rings is 2. The van der Waals surface area contributed by atoms with Crippen LogP contribution in [0.2, 0.25) is 0 Å². The Morgan fingerprint density at radius 1 is 0.460 bits per heavy atom. The lowest BCUT2D eigenvalue weighted by Gasteiger charge is -2.13. The molecule has 8 heteroatoms. The molecule has 4 aromatic rings. The van der Waals surface area contributed by atoms with Gasteiger partial charge in [-0.2, -0.15) is 0 Å². The van der Waals surface area contributed by atoms with Gasteiger partial charge in [-0.15, -0.1) is 0 Å². The van der Waals surface area contributed by atoms with Gasteiger partial charge in [-0.3, -0.25) is 0 Å². The molecular weight excluding hydrogens is 632 g/mol. The quantitative estimate of drug-likeness (QED) is 0.0540. The van der Waals surface area contributed by atoms with Gasteiger partial charge in [0.25, 0.3) is 0 Å². The van der Waals surface area contributed by atoms with E-state index in [0.29, 0.717) is 45.6 Å². The van der Waals surface area contributed by atoms with Crippen molar-refractivity contribution in [2.45, 2.75) is 44.8 Å². The Kier molecular flexibility index (Phi) is 13.8. The maximum atomic E-state index is 6.03. The maximum Gasteiger partial charge on any atom is 0.119 e. The standard InChI is InChI=1S/C42H50O8/c1-32(4-2-22-45-37-14-6-33(7-15-37)35-10-18-39(19-11-35)47-26-24-43-28-41-30-49-41)5-3-23-46-38-16-8-34(9-17-38)36-12-20-40(21-13-36)48-27-25-44-29-42-31-50-42/h6-21,32,41-42H,2-5,22-31H2,1H3. The highest BCUT2D eigenvalue weighted by atomic mass is 16.6. The molecule has 2 heterocycles. The van der Waals surface area contributed by atoms with Crippen LogP contribution < -0.4 is 18.9 Å². The van der Waals surface area contributed by atoms with Crippen molar-refractivity contribution in [3.8, 4) is 45.3 Å². The first kappa shape index (κ1) is 35.7. The topological polar surface area (TPSA) is 80.4 Å². The lowest BCUT2D eigenvalue weighted by molar-refractivity contribution is 0.0878. The van der Waals surface area contributed by atoms with Gasteiger partial charge in [-0.1, -0.05) is 55.5 Å². The number of benzene rings is 4. The predicted molar refractivity (Wildman–Crippen MR) is 194 cm³/mol. The molecule has 2 fully saturated rings.